The molecular weight excluding hydrogens is 290 g/mol. The van der Waals surface area contributed by atoms with E-state index >= 15 is 0 Å². The fraction of sp³-hybridized carbons (Fsp3) is 0.556. The summed E-state index contributed by atoms with van der Waals surface area (Å²) in [4.78, 5) is 25.9. The largest absolute Gasteiger partial charge is 0.336 e. The lowest BCUT2D eigenvalue weighted by molar-refractivity contribution is 0.101. The number of amides is 2. The van der Waals surface area contributed by atoms with Gasteiger partial charge in [-0.05, 0) is 45.5 Å². The number of urea groups is 1. The summed E-state index contributed by atoms with van der Waals surface area (Å²) >= 11 is 0. The molecule has 1 aromatic carbocycles. The number of carbonyl (C=O) groups is 2. The van der Waals surface area contributed by atoms with Crippen molar-refractivity contribution in [3.63, 3.8) is 0 Å². The minimum Gasteiger partial charge on any atom is -0.336 e. The van der Waals surface area contributed by atoms with Crippen molar-refractivity contribution in [3.8, 4) is 0 Å². The number of hydrogen-bond donors (Lipinski definition) is 2. The predicted molar refractivity (Wildman–Crippen MR) is 93.0 cm³/mol. The third-order valence-electron chi connectivity index (χ3n) is 4.92. The number of benzene rings is 1. The minimum atomic E-state index is -0.221. The van der Waals surface area contributed by atoms with Crippen molar-refractivity contribution < 1.29 is 9.59 Å². The van der Waals surface area contributed by atoms with Gasteiger partial charge in [-0.2, -0.15) is 0 Å². The fourth-order valence-electron chi connectivity index (χ4n) is 3.30. The van der Waals surface area contributed by atoms with Crippen LogP contribution < -0.4 is 10.6 Å². The summed E-state index contributed by atoms with van der Waals surface area (Å²) in [6, 6.07) is 6.78. The van der Waals surface area contributed by atoms with Gasteiger partial charge in [-0.3, -0.25) is 9.69 Å². The van der Waals surface area contributed by atoms with Gasteiger partial charge in [-0.1, -0.05) is 31.9 Å². The maximum atomic E-state index is 12.2. The molecule has 1 saturated carbocycles. The van der Waals surface area contributed by atoms with Crippen molar-refractivity contribution in [1.29, 1.82) is 0 Å². The summed E-state index contributed by atoms with van der Waals surface area (Å²) in [5.41, 5.74) is 1.31. The number of nitrogens with one attached hydrogen (secondary N) is 2. The summed E-state index contributed by atoms with van der Waals surface area (Å²) in [7, 11) is 2.13. The molecule has 2 rings (SSSR count). The first-order valence-electron chi connectivity index (χ1n) is 8.34. The van der Waals surface area contributed by atoms with Crippen LogP contribution >= 0.6 is 0 Å². The van der Waals surface area contributed by atoms with E-state index in [1.54, 1.807) is 24.3 Å². The number of ketones is 1. The van der Waals surface area contributed by atoms with E-state index in [1.165, 1.54) is 19.8 Å². The van der Waals surface area contributed by atoms with Gasteiger partial charge in [0.05, 0.1) is 0 Å². The molecule has 0 unspecified atom stereocenters. The van der Waals surface area contributed by atoms with Crippen LogP contribution in [0.5, 0.6) is 0 Å². The van der Waals surface area contributed by atoms with E-state index in [0.717, 1.165) is 19.4 Å². The lowest BCUT2D eigenvalue weighted by atomic mass is 9.95. The average molecular weight is 317 g/mol. The molecule has 5 nitrogen and oxygen atoms in total. The van der Waals surface area contributed by atoms with Crippen LogP contribution in [0.15, 0.2) is 24.3 Å². The Kier molecular flexibility index (Phi) is 5.77. The molecule has 1 aliphatic rings. The number of hydrogen-bond acceptors (Lipinski definition) is 3. The highest BCUT2D eigenvalue weighted by Gasteiger charge is 2.37. The first-order valence-corrected chi connectivity index (χ1v) is 8.34. The van der Waals surface area contributed by atoms with Crippen LogP contribution in [0.25, 0.3) is 0 Å². The Morgan fingerprint density at radius 2 is 1.96 bits per heavy atom. The van der Waals surface area contributed by atoms with Gasteiger partial charge in [0.1, 0.15) is 0 Å². The van der Waals surface area contributed by atoms with E-state index in [4.69, 9.17) is 0 Å². The molecule has 126 valence electrons. The zero-order valence-corrected chi connectivity index (χ0v) is 14.3. The van der Waals surface area contributed by atoms with Crippen LogP contribution in [0, 0.1) is 0 Å². The monoisotopic (exact) mass is 317 g/mol. The first kappa shape index (κ1) is 17.5. The molecule has 0 aliphatic heterocycles. The lowest BCUT2D eigenvalue weighted by Gasteiger charge is -2.38. The highest BCUT2D eigenvalue weighted by atomic mass is 16.2. The van der Waals surface area contributed by atoms with Crippen molar-refractivity contribution in [2.75, 3.05) is 25.5 Å². The number of Topliss-reactive ketones (excluding diaryl/α,β-unsaturated/α-hetero) is 1. The normalized spacial score (nSPS) is 16.3. The standard InChI is InChI=1S/C18H27N3O2/c1-4-21(3)18(10-5-6-11-18)13-19-17(23)20-16-9-7-8-15(12-16)14(2)22/h7-9,12H,4-6,10-11,13H2,1-3H3,(H2,19,20,23). The number of carbonyl (C=O) groups excluding carboxylic acids is 2. The Morgan fingerprint density at radius 3 is 2.57 bits per heavy atom. The summed E-state index contributed by atoms with van der Waals surface area (Å²) in [6.07, 6.45) is 4.68. The van der Waals surface area contributed by atoms with Crippen LogP contribution in [0.3, 0.4) is 0 Å². The topological polar surface area (TPSA) is 61.4 Å². The number of anilines is 1. The summed E-state index contributed by atoms with van der Waals surface area (Å²) in [6.45, 7) is 5.29. The predicted octanol–water partition coefficient (Wildman–Crippen LogP) is 3.28. The summed E-state index contributed by atoms with van der Waals surface area (Å²) in [5, 5.41) is 5.82. The van der Waals surface area contributed by atoms with Gasteiger partial charge in [-0.25, -0.2) is 4.79 Å². The number of nitrogens with zero attached hydrogens (tertiary/aromatic N) is 1. The highest BCUT2D eigenvalue weighted by molar-refractivity contribution is 5.96. The first-order chi connectivity index (χ1) is 11.0. The molecule has 0 aromatic heterocycles. The molecule has 0 bridgehead atoms. The SMILES string of the molecule is CCN(C)C1(CNC(=O)Nc2cccc(C(C)=O)c2)CCCC1. The fourth-order valence-corrected chi connectivity index (χ4v) is 3.30. The molecule has 2 amide bonds. The second-order valence-corrected chi connectivity index (χ2v) is 6.39. The van der Waals surface area contributed by atoms with E-state index in [2.05, 4.69) is 29.5 Å². The molecule has 23 heavy (non-hydrogen) atoms. The van der Waals surface area contributed by atoms with Gasteiger partial charge >= 0.3 is 6.03 Å². The second kappa shape index (κ2) is 7.59. The van der Waals surface area contributed by atoms with Crippen LogP contribution in [-0.4, -0.2) is 42.4 Å². The molecule has 2 N–H and O–H groups in total. The molecule has 1 aliphatic carbocycles. The smallest absolute Gasteiger partial charge is 0.319 e. The van der Waals surface area contributed by atoms with Crippen LogP contribution in [0.1, 0.15) is 49.9 Å². The second-order valence-electron chi connectivity index (χ2n) is 6.39. The Morgan fingerprint density at radius 1 is 1.26 bits per heavy atom. The summed E-state index contributed by atoms with van der Waals surface area (Å²) < 4.78 is 0. The molecule has 0 heterocycles. The average Bonchev–Trinajstić information content (AvgIpc) is 3.02. The Bertz CT molecular complexity index is 565. The molecule has 5 heteroatoms. The van der Waals surface area contributed by atoms with Gasteiger partial charge < -0.3 is 10.6 Å². The molecule has 0 spiro atoms. The zero-order valence-electron chi connectivity index (χ0n) is 14.3. The molecule has 0 radical (unpaired) electrons. The van der Waals surface area contributed by atoms with Crippen LogP contribution in [0.4, 0.5) is 10.5 Å². The maximum absolute atomic E-state index is 12.2. The van der Waals surface area contributed by atoms with Gasteiger partial charge in [0.25, 0.3) is 0 Å². The zero-order chi connectivity index (χ0) is 16.9. The van der Waals surface area contributed by atoms with E-state index < -0.39 is 0 Å². The molecule has 0 atom stereocenters. The lowest BCUT2D eigenvalue weighted by Crippen LogP contribution is -2.52. The third kappa shape index (κ3) is 4.32. The molecule has 0 saturated heterocycles. The minimum absolute atomic E-state index is 0.0106. The Balaban J connectivity index is 1.94. The van der Waals surface area contributed by atoms with Crippen LogP contribution in [-0.2, 0) is 0 Å². The highest BCUT2D eigenvalue weighted by Crippen LogP contribution is 2.33. The number of likely N-dealkylation sites (N-methyl/N-ethyl adjacent to an activating group) is 1. The maximum Gasteiger partial charge on any atom is 0.319 e. The molecule has 1 fully saturated rings. The van der Waals surface area contributed by atoms with Gasteiger partial charge in [0.2, 0.25) is 0 Å². The van der Waals surface area contributed by atoms with Crippen LogP contribution in [0.2, 0.25) is 0 Å². The molecule has 1 aromatic rings. The van der Waals surface area contributed by atoms with E-state index in [0.29, 0.717) is 17.8 Å². The van der Waals surface area contributed by atoms with Gasteiger partial charge in [-0.15, -0.1) is 0 Å². The van der Waals surface area contributed by atoms with E-state index in [-0.39, 0.29) is 17.4 Å². The Hall–Kier alpha value is -1.88. The Labute approximate surface area is 138 Å². The van der Waals surface area contributed by atoms with Crippen molar-refractivity contribution in [2.45, 2.75) is 45.1 Å². The molecular formula is C18H27N3O2. The quantitative estimate of drug-likeness (QED) is 0.792. The number of rotatable bonds is 6. The van der Waals surface area contributed by atoms with Crippen molar-refractivity contribution in [2.24, 2.45) is 0 Å². The van der Waals surface area contributed by atoms with Crippen molar-refractivity contribution in [1.82, 2.24) is 10.2 Å². The summed E-state index contributed by atoms with van der Waals surface area (Å²) in [5.74, 6) is -0.0106. The van der Waals surface area contributed by atoms with Gasteiger partial charge in [0, 0.05) is 23.3 Å². The van der Waals surface area contributed by atoms with E-state index in [1.807, 2.05) is 0 Å². The van der Waals surface area contributed by atoms with Crippen molar-refractivity contribution >= 4 is 17.5 Å². The van der Waals surface area contributed by atoms with Crippen molar-refractivity contribution in [3.05, 3.63) is 29.8 Å². The van der Waals surface area contributed by atoms with E-state index in [9.17, 15) is 9.59 Å². The van der Waals surface area contributed by atoms with Gasteiger partial charge in [0.15, 0.2) is 5.78 Å². The third-order valence-corrected chi connectivity index (χ3v) is 4.92.